The molecule has 3 heterocycles. The number of nitrogens with zero attached hydrogens (tertiary/aromatic N) is 3. The fourth-order valence-corrected chi connectivity index (χ4v) is 3.16. The first-order chi connectivity index (χ1) is 12.3. The van der Waals surface area contributed by atoms with Crippen LogP contribution in [-0.2, 0) is 4.79 Å². The molecule has 0 atom stereocenters. The molecule has 0 unspecified atom stereocenters. The predicted molar refractivity (Wildman–Crippen MR) is 95.8 cm³/mol. The molecule has 0 N–H and O–H groups in total. The second kappa shape index (κ2) is 6.89. The van der Waals surface area contributed by atoms with Gasteiger partial charge < -0.3 is 9.32 Å². The van der Waals surface area contributed by atoms with E-state index in [4.69, 9.17) is 4.42 Å². The average Bonchev–Trinajstić information content (AvgIpc) is 3.11. The number of rotatable bonds is 3. The molecule has 0 radical (unpaired) electrons. The van der Waals surface area contributed by atoms with Crippen LogP contribution < -0.4 is 0 Å². The molecule has 1 aromatic carbocycles. The molecule has 1 aliphatic rings. The van der Waals surface area contributed by atoms with Crippen molar-refractivity contribution in [2.75, 3.05) is 13.1 Å². The lowest BCUT2D eigenvalue weighted by atomic mass is 9.96. The van der Waals surface area contributed by atoms with Crippen LogP contribution in [0.3, 0.4) is 0 Å². The Morgan fingerprint density at radius 3 is 2.76 bits per heavy atom. The summed E-state index contributed by atoms with van der Waals surface area (Å²) in [5.74, 6) is 1.11. The van der Waals surface area contributed by atoms with Crippen LogP contribution >= 0.6 is 0 Å². The Balaban J connectivity index is 1.37. The first kappa shape index (κ1) is 15.6. The van der Waals surface area contributed by atoms with Gasteiger partial charge in [0.1, 0.15) is 5.52 Å². The van der Waals surface area contributed by atoms with Crippen molar-refractivity contribution >= 4 is 23.1 Å². The molecular weight excluding hydrogens is 314 g/mol. The van der Waals surface area contributed by atoms with E-state index in [1.165, 1.54) is 0 Å². The number of hydrogen-bond donors (Lipinski definition) is 0. The molecule has 4 rings (SSSR count). The number of fused-ring (bicyclic) bond motifs is 1. The summed E-state index contributed by atoms with van der Waals surface area (Å²) in [5, 5.41) is 0. The molecule has 1 aliphatic heterocycles. The number of carbonyl (C=O) groups is 1. The zero-order chi connectivity index (χ0) is 17.1. The lowest BCUT2D eigenvalue weighted by Crippen LogP contribution is -2.36. The smallest absolute Gasteiger partial charge is 0.246 e. The SMILES string of the molecule is O=C(/C=C/c1cccnc1)N1CCC(c2nc3ccccc3o2)CC1. The van der Waals surface area contributed by atoms with E-state index in [-0.39, 0.29) is 11.8 Å². The van der Waals surface area contributed by atoms with Crippen LogP contribution in [0.4, 0.5) is 0 Å². The summed E-state index contributed by atoms with van der Waals surface area (Å²) in [6.07, 6.45) is 8.64. The van der Waals surface area contributed by atoms with Crippen molar-refractivity contribution in [1.29, 1.82) is 0 Å². The van der Waals surface area contributed by atoms with Crippen molar-refractivity contribution in [3.8, 4) is 0 Å². The Morgan fingerprint density at radius 1 is 1.16 bits per heavy atom. The van der Waals surface area contributed by atoms with E-state index in [1.54, 1.807) is 18.5 Å². The molecule has 1 fully saturated rings. The molecular formula is C20H19N3O2. The van der Waals surface area contributed by atoms with Gasteiger partial charge in [-0.3, -0.25) is 9.78 Å². The van der Waals surface area contributed by atoms with Crippen LogP contribution in [0.1, 0.15) is 30.2 Å². The fraction of sp³-hybridized carbons (Fsp3) is 0.250. The van der Waals surface area contributed by atoms with Gasteiger partial charge in [-0.2, -0.15) is 0 Å². The number of carbonyl (C=O) groups excluding carboxylic acids is 1. The van der Waals surface area contributed by atoms with Gasteiger partial charge >= 0.3 is 0 Å². The third-order valence-corrected chi connectivity index (χ3v) is 4.57. The summed E-state index contributed by atoms with van der Waals surface area (Å²) in [6, 6.07) is 11.6. The third kappa shape index (κ3) is 3.45. The number of amides is 1. The first-order valence-corrected chi connectivity index (χ1v) is 8.52. The summed E-state index contributed by atoms with van der Waals surface area (Å²) in [5.41, 5.74) is 2.66. The Hall–Kier alpha value is -2.95. The zero-order valence-electron chi connectivity index (χ0n) is 13.8. The van der Waals surface area contributed by atoms with E-state index in [0.29, 0.717) is 0 Å². The van der Waals surface area contributed by atoms with Gasteiger partial charge in [-0.25, -0.2) is 4.98 Å². The number of hydrogen-bond acceptors (Lipinski definition) is 4. The highest BCUT2D eigenvalue weighted by molar-refractivity contribution is 5.91. The number of benzene rings is 1. The van der Waals surface area contributed by atoms with E-state index in [1.807, 2.05) is 47.4 Å². The molecule has 3 aromatic rings. The molecule has 1 amide bonds. The third-order valence-electron chi connectivity index (χ3n) is 4.57. The standard InChI is InChI=1S/C20H19N3O2/c24-19(8-7-15-4-3-11-21-14-15)23-12-9-16(10-13-23)20-22-17-5-1-2-6-18(17)25-20/h1-8,11,14,16H,9-10,12-13H2/b8-7+. The highest BCUT2D eigenvalue weighted by atomic mass is 16.3. The highest BCUT2D eigenvalue weighted by Crippen LogP contribution is 2.29. The maximum atomic E-state index is 12.3. The van der Waals surface area contributed by atoms with Crippen LogP contribution in [0.2, 0.25) is 0 Å². The van der Waals surface area contributed by atoms with Gasteiger partial charge in [0, 0.05) is 37.5 Å². The minimum atomic E-state index is 0.0415. The molecule has 0 bridgehead atoms. The Morgan fingerprint density at radius 2 is 2.00 bits per heavy atom. The molecule has 0 saturated carbocycles. The van der Waals surface area contributed by atoms with Crippen molar-refractivity contribution in [3.05, 3.63) is 66.3 Å². The largest absolute Gasteiger partial charge is 0.440 e. The molecule has 1 saturated heterocycles. The number of piperidine rings is 1. The maximum Gasteiger partial charge on any atom is 0.246 e. The van der Waals surface area contributed by atoms with Gasteiger partial charge in [-0.1, -0.05) is 18.2 Å². The lowest BCUT2D eigenvalue weighted by Gasteiger charge is -2.29. The average molecular weight is 333 g/mol. The Kier molecular flexibility index (Phi) is 4.29. The van der Waals surface area contributed by atoms with Crippen molar-refractivity contribution < 1.29 is 9.21 Å². The van der Waals surface area contributed by atoms with Gasteiger partial charge in [-0.05, 0) is 42.7 Å². The molecule has 126 valence electrons. The lowest BCUT2D eigenvalue weighted by molar-refractivity contribution is -0.127. The number of para-hydroxylation sites is 2. The minimum absolute atomic E-state index is 0.0415. The monoisotopic (exact) mass is 333 g/mol. The first-order valence-electron chi connectivity index (χ1n) is 8.52. The van der Waals surface area contributed by atoms with E-state index < -0.39 is 0 Å². The van der Waals surface area contributed by atoms with Gasteiger partial charge in [0.2, 0.25) is 5.91 Å². The van der Waals surface area contributed by atoms with Crippen LogP contribution in [-0.4, -0.2) is 33.9 Å². The Bertz CT molecular complexity index is 860. The van der Waals surface area contributed by atoms with E-state index in [9.17, 15) is 4.79 Å². The summed E-state index contributed by atoms with van der Waals surface area (Å²) in [6.45, 7) is 1.44. The molecule has 2 aromatic heterocycles. The van der Waals surface area contributed by atoms with Gasteiger partial charge in [-0.15, -0.1) is 0 Å². The second-order valence-corrected chi connectivity index (χ2v) is 6.24. The molecule has 25 heavy (non-hydrogen) atoms. The van der Waals surface area contributed by atoms with Crippen molar-refractivity contribution in [2.24, 2.45) is 0 Å². The quantitative estimate of drug-likeness (QED) is 0.687. The molecule has 5 nitrogen and oxygen atoms in total. The number of pyridine rings is 1. The zero-order valence-corrected chi connectivity index (χ0v) is 13.8. The normalized spacial score (nSPS) is 15.9. The van der Waals surface area contributed by atoms with E-state index in [2.05, 4.69) is 9.97 Å². The summed E-state index contributed by atoms with van der Waals surface area (Å²) in [4.78, 5) is 22.9. The van der Waals surface area contributed by atoms with Crippen LogP contribution in [0.25, 0.3) is 17.2 Å². The summed E-state index contributed by atoms with van der Waals surface area (Å²) in [7, 11) is 0. The molecule has 0 aliphatic carbocycles. The minimum Gasteiger partial charge on any atom is -0.440 e. The highest BCUT2D eigenvalue weighted by Gasteiger charge is 2.26. The number of likely N-dealkylation sites (tertiary alicyclic amines) is 1. The van der Waals surface area contributed by atoms with Gasteiger partial charge in [0.25, 0.3) is 0 Å². The number of oxazole rings is 1. The van der Waals surface area contributed by atoms with Crippen molar-refractivity contribution in [1.82, 2.24) is 14.9 Å². The summed E-state index contributed by atoms with van der Waals surface area (Å²) >= 11 is 0. The van der Waals surface area contributed by atoms with E-state index in [0.717, 1.165) is 48.5 Å². The fourth-order valence-electron chi connectivity index (χ4n) is 3.16. The van der Waals surface area contributed by atoms with Crippen LogP contribution in [0.15, 0.2) is 59.3 Å². The molecule has 5 heteroatoms. The number of aromatic nitrogens is 2. The van der Waals surface area contributed by atoms with Crippen molar-refractivity contribution in [3.63, 3.8) is 0 Å². The van der Waals surface area contributed by atoms with Crippen LogP contribution in [0, 0.1) is 0 Å². The van der Waals surface area contributed by atoms with Gasteiger partial charge in [0.05, 0.1) is 0 Å². The van der Waals surface area contributed by atoms with Crippen molar-refractivity contribution in [2.45, 2.75) is 18.8 Å². The predicted octanol–water partition coefficient (Wildman–Crippen LogP) is 3.64. The second-order valence-electron chi connectivity index (χ2n) is 6.24. The van der Waals surface area contributed by atoms with E-state index >= 15 is 0 Å². The maximum absolute atomic E-state index is 12.3. The Labute approximate surface area is 146 Å². The molecule has 0 spiro atoms. The summed E-state index contributed by atoms with van der Waals surface area (Å²) < 4.78 is 5.87. The van der Waals surface area contributed by atoms with Gasteiger partial charge in [0.15, 0.2) is 11.5 Å². The topological polar surface area (TPSA) is 59.2 Å². The van der Waals surface area contributed by atoms with Crippen LogP contribution in [0.5, 0.6) is 0 Å².